The van der Waals surface area contributed by atoms with Crippen LogP contribution in [0.3, 0.4) is 0 Å². The Labute approximate surface area is 174 Å². The van der Waals surface area contributed by atoms with E-state index in [9.17, 15) is 4.79 Å². The minimum absolute atomic E-state index is 0.0317. The number of likely N-dealkylation sites (N-methyl/N-ethyl adjacent to an activating group) is 1. The van der Waals surface area contributed by atoms with Crippen LogP contribution in [0.4, 0.5) is 0 Å². The lowest BCUT2D eigenvalue weighted by molar-refractivity contribution is -0.130. The summed E-state index contributed by atoms with van der Waals surface area (Å²) in [6, 6.07) is 16.3. The van der Waals surface area contributed by atoms with Crippen LogP contribution in [-0.4, -0.2) is 51.1 Å². The van der Waals surface area contributed by atoms with Crippen molar-refractivity contribution in [3.8, 4) is 5.75 Å². The van der Waals surface area contributed by atoms with Gasteiger partial charge in [-0.3, -0.25) is 9.79 Å². The molecule has 0 saturated heterocycles. The van der Waals surface area contributed by atoms with Gasteiger partial charge in [0.25, 0.3) is 5.91 Å². The largest absolute Gasteiger partial charge is 0.484 e. The molecule has 0 aliphatic heterocycles. The number of rotatable bonds is 8. The molecule has 156 valence electrons. The first-order valence-electron chi connectivity index (χ1n) is 9.82. The van der Waals surface area contributed by atoms with Crippen molar-refractivity contribution < 1.29 is 9.53 Å². The number of nitrogens with one attached hydrogen (secondary N) is 2. The van der Waals surface area contributed by atoms with Gasteiger partial charge in [0.05, 0.1) is 0 Å². The first-order valence-corrected chi connectivity index (χ1v) is 9.82. The van der Waals surface area contributed by atoms with E-state index in [1.807, 2.05) is 24.3 Å². The number of aryl methyl sites for hydroxylation is 1. The molecule has 0 aliphatic carbocycles. The molecule has 1 amide bonds. The fraction of sp³-hybridized carbons (Fsp3) is 0.391. The van der Waals surface area contributed by atoms with Gasteiger partial charge in [0.2, 0.25) is 0 Å². The van der Waals surface area contributed by atoms with E-state index in [4.69, 9.17) is 4.74 Å². The number of hydrogen-bond acceptors (Lipinski definition) is 3. The van der Waals surface area contributed by atoms with E-state index in [-0.39, 0.29) is 12.5 Å². The molecule has 0 aliphatic rings. The summed E-state index contributed by atoms with van der Waals surface area (Å²) in [6.07, 6.45) is 0. The van der Waals surface area contributed by atoms with Gasteiger partial charge >= 0.3 is 0 Å². The Morgan fingerprint density at radius 1 is 1.14 bits per heavy atom. The number of hydrogen-bond donors (Lipinski definition) is 2. The normalized spacial score (nSPS) is 12.2. The molecule has 0 aromatic heterocycles. The Morgan fingerprint density at radius 2 is 1.90 bits per heavy atom. The van der Waals surface area contributed by atoms with Crippen molar-refractivity contribution >= 4 is 11.9 Å². The van der Waals surface area contributed by atoms with Gasteiger partial charge in [0.1, 0.15) is 5.75 Å². The summed E-state index contributed by atoms with van der Waals surface area (Å²) >= 11 is 0. The standard InChI is InChI=1S/C23H32N4O2/c1-17-8-6-10-20(12-17)18(2)14-25-23(24-3)26-15-19-9-7-11-21(13-19)29-16-22(28)27(4)5/h6-13,18H,14-16H2,1-5H3,(H2,24,25,26). The highest BCUT2D eigenvalue weighted by atomic mass is 16.5. The monoisotopic (exact) mass is 396 g/mol. The van der Waals surface area contributed by atoms with Gasteiger partial charge in [-0.1, -0.05) is 48.9 Å². The lowest BCUT2D eigenvalue weighted by Crippen LogP contribution is -2.38. The van der Waals surface area contributed by atoms with Crippen molar-refractivity contribution in [2.45, 2.75) is 26.3 Å². The van der Waals surface area contributed by atoms with Gasteiger partial charge in [-0.2, -0.15) is 0 Å². The van der Waals surface area contributed by atoms with Gasteiger partial charge in [-0.05, 0) is 36.1 Å². The Hall–Kier alpha value is -3.02. The molecular formula is C23H32N4O2. The van der Waals surface area contributed by atoms with Gasteiger partial charge in [0.15, 0.2) is 12.6 Å². The molecule has 0 heterocycles. The number of carbonyl (C=O) groups is 1. The third-order valence-corrected chi connectivity index (χ3v) is 4.63. The predicted octanol–water partition coefficient (Wildman–Crippen LogP) is 2.93. The van der Waals surface area contributed by atoms with Gasteiger partial charge in [0, 0.05) is 34.2 Å². The second-order valence-corrected chi connectivity index (χ2v) is 7.35. The SMILES string of the molecule is CN=C(NCc1cccc(OCC(=O)N(C)C)c1)NCC(C)c1cccc(C)c1. The molecular weight excluding hydrogens is 364 g/mol. The van der Waals surface area contributed by atoms with E-state index in [2.05, 4.69) is 53.7 Å². The first kappa shape index (κ1) is 22.3. The van der Waals surface area contributed by atoms with E-state index < -0.39 is 0 Å². The number of ether oxygens (including phenoxy) is 1. The predicted molar refractivity (Wildman–Crippen MR) is 118 cm³/mol. The number of carbonyl (C=O) groups excluding carboxylic acids is 1. The first-order chi connectivity index (χ1) is 13.9. The highest BCUT2D eigenvalue weighted by Crippen LogP contribution is 2.16. The van der Waals surface area contributed by atoms with Crippen LogP contribution >= 0.6 is 0 Å². The van der Waals surface area contributed by atoms with Crippen LogP contribution in [0.25, 0.3) is 0 Å². The Bertz CT molecular complexity index is 833. The number of aliphatic imine (C=N–C) groups is 1. The summed E-state index contributed by atoms with van der Waals surface area (Å²) in [5, 5.41) is 6.70. The van der Waals surface area contributed by atoms with Crippen molar-refractivity contribution in [1.82, 2.24) is 15.5 Å². The van der Waals surface area contributed by atoms with E-state index in [0.29, 0.717) is 18.2 Å². The van der Waals surface area contributed by atoms with E-state index >= 15 is 0 Å². The van der Waals surface area contributed by atoms with Crippen molar-refractivity contribution in [1.29, 1.82) is 0 Å². The van der Waals surface area contributed by atoms with Crippen LogP contribution in [0.2, 0.25) is 0 Å². The summed E-state index contributed by atoms with van der Waals surface area (Å²) < 4.78 is 5.58. The Morgan fingerprint density at radius 3 is 2.59 bits per heavy atom. The van der Waals surface area contributed by atoms with Crippen molar-refractivity contribution in [2.75, 3.05) is 34.3 Å². The maximum absolute atomic E-state index is 11.7. The number of guanidine groups is 1. The zero-order valence-corrected chi connectivity index (χ0v) is 18.0. The third kappa shape index (κ3) is 7.49. The fourth-order valence-corrected chi connectivity index (χ4v) is 2.77. The second kappa shape index (κ2) is 11.1. The molecule has 0 radical (unpaired) electrons. The minimum Gasteiger partial charge on any atom is -0.484 e. The van der Waals surface area contributed by atoms with E-state index in [0.717, 1.165) is 18.1 Å². The van der Waals surface area contributed by atoms with Crippen LogP contribution in [0, 0.1) is 6.92 Å². The molecule has 0 saturated carbocycles. The van der Waals surface area contributed by atoms with Crippen LogP contribution < -0.4 is 15.4 Å². The molecule has 2 rings (SSSR count). The smallest absolute Gasteiger partial charge is 0.259 e. The van der Waals surface area contributed by atoms with E-state index in [1.54, 1.807) is 21.1 Å². The Balaban J connectivity index is 1.84. The lowest BCUT2D eigenvalue weighted by atomic mass is 9.99. The minimum atomic E-state index is -0.0686. The van der Waals surface area contributed by atoms with Crippen molar-refractivity contribution in [3.63, 3.8) is 0 Å². The van der Waals surface area contributed by atoms with Crippen LogP contribution in [0.1, 0.15) is 29.5 Å². The van der Waals surface area contributed by atoms with Gasteiger partial charge in [-0.25, -0.2) is 0 Å². The summed E-state index contributed by atoms with van der Waals surface area (Å²) in [5.41, 5.74) is 3.63. The Kier molecular flexibility index (Phi) is 8.52. The quantitative estimate of drug-likeness (QED) is 0.532. The second-order valence-electron chi connectivity index (χ2n) is 7.35. The maximum atomic E-state index is 11.7. The molecule has 1 atom stereocenters. The highest BCUT2D eigenvalue weighted by molar-refractivity contribution is 5.79. The fourth-order valence-electron chi connectivity index (χ4n) is 2.77. The van der Waals surface area contributed by atoms with Crippen molar-refractivity contribution in [3.05, 3.63) is 65.2 Å². The molecule has 2 N–H and O–H groups in total. The zero-order valence-electron chi connectivity index (χ0n) is 18.0. The zero-order chi connectivity index (χ0) is 21.2. The van der Waals surface area contributed by atoms with Crippen LogP contribution in [-0.2, 0) is 11.3 Å². The molecule has 1 unspecified atom stereocenters. The van der Waals surface area contributed by atoms with Crippen LogP contribution in [0.15, 0.2) is 53.5 Å². The molecule has 6 heteroatoms. The molecule has 29 heavy (non-hydrogen) atoms. The third-order valence-electron chi connectivity index (χ3n) is 4.63. The molecule has 2 aromatic carbocycles. The number of nitrogens with zero attached hydrogens (tertiary/aromatic N) is 2. The maximum Gasteiger partial charge on any atom is 0.259 e. The summed E-state index contributed by atoms with van der Waals surface area (Å²) in [4.78, 5) is 17.5. The number of amides is 1. The summed E-state index contributed by atoms with van der Waals surface area (Å²) in [6.45, 7) is 5.74. The van der Waals surface area contributed by atoms with Gasteiger partial charge < -0.3 is 20.3 Å². The molecule has 0 fully saturated rings. The molecule has 0 spiro atoms. The molecule has 0 bridgehead atoms. The average Bonchev–Trinajstić information content (AvgIpc) is 2.72. The van der Waals surface area contributed by atoms with E-state index in [1.165, 1.54) is 16.0 Å². The summed E-state index contributed by atoms with van der Waals surface area (Å²) in [5.74, 6) is 1.73. The van der Waals surface area contributed by atoms with Crippen molar-refractivity contribution in [2.24, 2.45) is 4.99 Å². The summed E-state index contributed by atoms with van der Waals surface area (Å²) in [7, 11) is 5.19. The van der Waals surface area contributed by atoms with Crippen LogP contribution in [0.5, 0.6) is 5.75 Å². The van der Waals surface area contributed by atoms with Gasteiger partial charge in [-0.15, -0.1) is 0 Å². The highest BCUT2D eigenvalue weighted by Gasteiger charge is 2.08. The molecule has 6 nitrogen and oxygen atoms in total. The topological polar surface area (TPSA) is 66.0 Å². The molecule has 2 aromatic rings. The average molecular weight is 397 g/mol. The number of benzene rings is 2. The lowest BCUT2D eigenvalue weighted by Gasteiger charge is -2.17.